The Hall–Kier alpha value is -0.653. The van der Waals surface area contributed by atoms with Crippen LogP contribution < -0.4 is 0 Å². The fourth-order valence-corrected chi connectivity index (χ4v) is 3.46. The molecule has 0 spiro atoms. The number of hydrogen-bond donors (Lipinski definition) is 0. The molecule has 0 aromatic heterocycles. The third-order valence-electron chi connectivity index (χ3n) is 3.52. The molecule has 5 heteroatoms. The standard InChI is InChI=1S/C13H26O4Si/c1-8-11(14)17-12(10-13(3,4)9-2)18(7,15-5)16-6/h8,12H,1,9-10H2,2-7H3. The molecule has 0 fully saturated rings. The molecule has 0 aromatic rings. The molecule has 0 radical (unpaired) electrons. The van der Waals surface area contributed by atoms with Crippen molar-refractivity contribution in [2.45, 2.75) is 45.9 Å². The van der Waals surface area contributed by atoms with Crippen LogP contribution in [0.25, 0.3) is 0 Å². The Labute approximate surface area is 112 Å². The lowest BCUT2D eigenvalue weighted by Gasteiger charge is -2.36. The second-order valence-corrected chi connectivity index (χ2v) is 8.77. The van der Waals surface area contributed by atoms with Crippen LogP contribution in [0.15, 0.2) is 12.7 Å². The highest BCUT2D eigenvalue weighted by atomic mass is 28.4. The third-order valence-corrected chi connectivity index (χ3v) is 6.63. The van der Waals surface area contributed by atoms with Crippen LogP contribution >= 0.6 is 0 Å². The number of ether oxygens (including phenoxy) is 1. The SMILES string of the molecule is C=CC(=O)OC(CC(C)(C)CC)[Si](C)(OC)OC. The van der Waals surface area contributed by atoms with E-state index in [0.717, 1.165) is 6.42 Å². The molecular weight excluding hydrogens is 248 g/mol. The highest BCUT2D eigenvalue weighted by Crippen LogP contribution is 2.31. The predicted molar refractivity (Wildman–Crippen MR) is 74.4 cm³/mol. The second kappa shape index (κ2) is 7.06. The van der Waals surface area contributed by atoms with Crippen LogP contribution in [0.1, 0.15) is 33.6 Å². The highest BCUT2D eigenvalue weighted by Gasteiger charge is 2.44. The molecule has 1 unspecified atom stereocenters. The van der Waals surface area contributed by atoms with Crippen LogP contribution in [0.2, 0.25) is 6.55 Å². The molecule has 0 rings (SSSR count). The Balaban J connectivity index is 5.04. The summed E-state index contributed by atoms with van der Waals surface area (Å²) in [5.41, 5.74) is -0.273. The molecule has 0 N–H and O–H groups in total. The Kier molecular flexibility index (Phi) is 6.81. The number of hydrogen-bond acceptors (Lipinski definition) is 4. The summed E-state index contributed by atoms with van der Waals surface area (Å²) in [4.78, 5) is 11.4. The molecule has 0 amide bonds. The largest absolute Gasteiger partial charge is 0.457 e. The fourth-order valence-electron chi connectivity index (χ4n) is 1.51. The first kappa shape index (κ1) is 17.3. The highest BCUT2D eigenvalue weighted by molar-refractivity contribution is 6.67. The lowest BCUT2D eigenvalue weighted by Crippen LogP contribution is -2.52. The van der Waals surface area contributed by atoms with E-state index < -0.39 is 14.5 Å². The van der Waals surface area contributed by atoms with Gasteiger partial charge in [-0.1, -0.05) is 33.8 Å². The quantitative estimate of drug-likeness (QED) is 0.388. The molecule has 0 saturated heterocycles. The van der Waals surface area contributed by atoms with Gasteiger partial charge in [0, 0.05) is 20.3 Å². The topological polar surface area (TPSA) is 44.8 Å². The summed E-state index contributed by atoms with van der Waals surface area (Å²) < 4.78 is 16.4. The van der Waals surface area contributed by atoms with Crippen molar-refractivity contribution in [1.82, 2.24) is 0 Å². The van der Waals surface area contributed by atoms with Crippen molar-refractivity contribution in [3.8, 4) is 0 Å². The molecule has 0 aliphatic rings. The van der Waals surface area contributed by atoms with Crippen LogP contribution in [-0.4, -0.2) is 34.5 Å². The smallest absolute Gasteiger partial charge is 0.376 e. The van der Waals surface area contributed by atoms with Crippen molar-refractivity contribution in [3.63, 3.8) is 0 Å². The number of esters is 1. The maximum absolute atomic E-state index is 11.4. The summed E-state index contributed by atoms with van der Waals surface area (Å²) in [6, 6.07) is 0. The molecule has 0 heterocycles. The first-order chi connectivity index (χ1) is 8.24. The van der Waals surface area contributed by atoms with Crippen molar-refractivity contribution in [2.24, 2.45) is 5.41 Å². The summed E-state index contributed by atoms with van der Waals surface area (Å²) in [5.74, 6) is -0.431. The zero-order chi connectivity index (χ0) is 14.4. The van der Waals surface area contributed by atoms with Crippen LogP contribution in [0.5, 0.6) is 0 Å². The molecule has 0 bridgehead atoms. The molecular formula is C13H26O4Si. The molecule has 18 heavy (non-hydrogen) atoms. The van der Waals surface area contributed by atoms with E-state index in [9.17, 15) is 4.79 Å². The van der Waals surface area contributed by atoms with Crippen LogP contribution in [0.3, 0.4) is 0 Å². The van der Waals surface area contributed by atoms with Crippen molar-refractivity contribution in [3.05, 3.63) is 12.7 Å². The van der Waals surface area contributed by atoms with Crippen molar-refractivity contribution in [1.29, 1.82) is 0 Å². The lowest BCUT2D eigenvalue weighted by atomic mass is 9.87. The second-order valence-electron chi connectivity index (χ2n) is 5.28. The number of carbonyl (C=O) groups is 1. The van der Waals surface area contributed by atoms with Gasteiger partial charge < -0.3 is 13.6 Å². The van der Waals surface area contributed by atoms with Gasteiger partial charge in [0.05, 0.1) is 0 Å². The predicted octanol–water partition coefficient (Wildman–Crippen LogP) is 2.81. The number of rotatable bonds is 8. The summed E-state index contributed by atoms with van der Waals surface area (Å²) in [7, 11) is 0.679. The molecule has 1 atom stereocenters. The van der Waals surface area contributed by atoms with E-state index in [4.69, 9.17) is 13.6 Å². The maximum atomic E-state index is 11.4. The van der Waals surface area contributed by atoms with Crippen LogP contribution in [0, 0.1) is 5.41 Å². The first-order valence-electron chi connectivity index (χ1n) is 6.18. The Morgan fingerprint density at radius 2 is 1.89 bits per heavy atom. The van der Waals surface area contributed by atoms with Gasteiger partial charge in [0.2, 0.25) is 0 Å². The zero-order valence-corrected chi connectivity index (χ0v) is 13.4. The molecule has 0 aromatic carbocycles. The van der Waals surface area contributed by atoms with Crippen molar-refractivity contribution >= 4 is 14.5 Å². The van der Waals surface area contributed by atoms with Gasteiger partial charge in [-0.25, -0.2) is 4.79 Å². The van der Waals surface area contributed by atoms with E-state index in [1.165, 1.54) is 6.08 Å². The van der Waals surface area contributed by atoms with Crippen molar-refractivity contribution in [2.75, 3.05) is 14.2 Å². The van der Waals surface area contributed by atoms with Crippen LogP contribution in [0.4, 0.5) is 0 Å². The minimum Gasteiger partial charge on any atom is -0.457 e. The Morgan fingerprint density at radius 3 is 2.22 bits per heavy atom. The monoisotopic (exact) mass is 274 g/mol. The van der Waals surface area contributed by atoms with E-state index >= 15 is 0 Å². The van der Waals surface area contributed by atoms with Gasteiger partial charge in [-0.2, -0.15) is 0 Å². The number of carbonyl (C=O) groups excluding carboxylic acids is 1. The van der Waals surface area contributed by atoms with E-state index in [2.05, 4.69) is 27.4 Å². The summed E-state index contributed by atoms with van der Waals surface area (Å²) in [6.07, 6.45) is 2.88. The minimum absolute atomic E-state index is 0.0669. The third kappa shape index (κ3) is 4.92. The van der Waals surface area contributed by atoms with E-state index in [0.29, 0.717) is 6.42 Å². The fraction of sp³-hybridized carbons (Fsp3) is 0.769. The average Bonchev–Trinajstić information content (AvgIpc) is 2.36. The Bertz CT molecular complexity index is 285. The van der Waals surface area contributed by atoms with Gasteiger partial charge in [-0.15, -0.1) is 0 Å². The van der Waals surface area contributed by atoms with E-state index in [1.54, 1.807) is 14.2 Å². The van der Waals surface area contributed by atoms with Gasteiger partial charge in [-0.3, -0.25) is 0 Å². The van der Waals surface area contributed by atoms with E-state index in [-0.39, 0.29) is 11.1 Å². The van der Waals surface area contributed by atoms with Crippen molar-refractivity contribution < 1.29 is 18.4 Å². The molecule has 4 nitrogen and oxygen atoms in total. The molecule has 0 saturated carbocycles. The molecule has 0 aliphatic carbocycles. The van der Waals surface area contributed by atoms with Gasteiger partial charge in [0.1, 0.15) is 5.73 Å². The molecule has 106 valence electrons. The van der Waals surface area contributed by atoms with Gasteiger partial charge in [0.15, 0.2) is 0 Å². The lowest BCUT2D eigenvalue weighted by molar-refractivity contribution is -0.142. The summed E-state index contributed by atoms with van der Waals surface area (Å²) in [6.45, 7) is 11.7. The average molecular weight is 274 g/mol. The van der Waals surface area contributed by atoms with Crippen LogP contribution in [-0.2, 0) is 18.4 Å². The maximum Gasteiger partial charge on any atom is 0.376 e. The summed E-state index contributed by atoms with van der Waals surface area (Å²) in [5, 5.41) is 0. The Morgan fingerprint density at radius 1 is 1.39 bits per heavy atom. The normalized spacial score (nSPS) is 14.1. The first-order valence-corrected chi connectivity index (χ1v) is 8.57. The molecule has 0 aliphatic heterocycles. The van der Waals surface area contributed by atoms with Gasteiger partial charge >= 0.3 is 14.5 Å². The minimum atomic E-state index is -2.52. The van der Waals surface area contributed by atoms with E-state index in [1.807, 2.05) is 6.55 Å². The van der Waals surface area contributed by atoms with Gasteiger partial charge in [0.25, 0.3) is 0 Å². The summed E-state index contributed by atoms with van der Waals surface area (Å²) >= 11 is 0. The van der Waals surface area contributed by atoms with Gasteiger partial charge in [-0.05, 0) is 18.4 Å². The zero-order valence-electron chi connectivity index (χ0n) is 12.4.